The largest absolute Gasteiger partial charge is 0.493 e. The Kier molecular flexibility index (Phi) is 4.84. The van der Waals surface area contributed by atoms with E-state index in [0.717, 1.165) is 49.2 Å². The van der Waals surface area contributed by atoms with Crippen LogP contribution in [0.2, 0.25) is 0 Å². The molecule has 1 aromatic rings. The van der Waals surface area contributed by atoms with Crippen LogP contribution in [0.1, 0.15) is 24.0 Å². The first-order chi connectivity index (χ1) is 10.2. The predicted octanol–water partition coefficient (Wildman–Crippen LogP) is 2.32. The summed E-state index contributed by atoms with van der Waals surface area (Å²) in [6.07, 6.45) is 3.45. The van der Waals surface area contributed by atoms with Gasteiger partial charge in [-0.3, -0.25) is 4.90 Å². The quantitative estimate of drug-likeness (QED) is 0.901. The third kappa shape index (κ3) is 3.26. The summed E-state index contributed by atoms with van der Waals surface area (Å²) in [6.45, 7) is 3.41. The van der Waals surface area contributed by atoms with E-state index in [0.29, 0.717) is 18.7 Å². The van der Waals surface area contributed by atoms with Gasteiger partial charge in [0.2, 0.25) is 0 Å². The summed E-state index contributed by atoms with van der Waals surface area (Å²) < 4.78 is 12.5. The molecule has 2 aliphatic heterocycles. The van der Waals surface area contributed by atoms with Crippen molar-refractivity contribution in [3.8, 4) is 5.75 Å². The highest BCUT2D eigenvalue weighted by Gasteiger charge is 2.29. The molecule has 2 aliphatic rings. The van der Waals surface area contributed by atoms with Gasteiger partial charge in [0.15, 0.2) is 0 Å². The van der Waals surface area contributed by atoms with Gasteiger partial charge in [-0.05, 0) is 30.5 Å². The zero-order chi connectivity index (χ0) is 14.8. The molecule has 1 aromatic carbocycles. The molecule has 1 saturated heterocycles. The number of benzene rings is 1. The van der Waals surface area contributed by atoms with Crippen molar-refractivity contribution in [1.82, 2.24) is 4.90 Å². The van der Waals surface area contributed by atoms with Crippen LogP contribution >= 0.6 is 15.9 Å². The molecule has 4 nitrogen and oxygen atoms in total. The molecule has 116 valence electrons. The van der Waals surface area contributed by atoms with Crippen molar-refractivity contribution in [2.75, 3.05) is 26.8 Å². The van der Waals surface area contributed by atoms with Crippen LogP contribution < -0.4 is 10.5 Å². The number of rotatable bonds is 4. The Hall–Kier alpha value is -0.620. The second kappa shape index (κ2) is 6.65. The van der Waals surface area contributed by atoms with Gasteiger partial charge in [0.25, 0.3) is 0 Å². The zero-order valence-corrected chi connectivity index (χ0v) is 14.1. The van der Waals surface area contributed by atoms with Gasteiger partial charge in [-0.2, -0.15) is 0 Å². The Morgan fingerprint density at radius 2 is 2.33 bits per heavy atom. The molecule has 2 heterocycles. The lowest BCUT2D eigenvalue weighted by molar-refractivity contribution is 0.00999. The smallest absolute Gasteiger partial charge is 0.127 e. The summed E-state index contributed by atoms with van der Waals surface area (Å²) in [5.41, 5.74) is 8.55. The SMILES string of the molecule is COC1CCN(Cc2cc(Br)cc3c2OCC3)C(CN)C1. The molecule has 5 heteroatoms. The second-order valence-electron chi connectivity index (χ2n) is 5.89. The highest BCUT2D eigenvalue weighted by molar-refractivity contribution is 9.10. The van der Waals surface area contributed by atoms with E-state index in [4.69, 9.17) is 15.2 Å². The Morgan fingerprint density at radius 3 is 3.10 bits per heavy atom. The van der Waals surface area contributed by atoms with E-state index in [2.05, 4.69) is 33.0 Å². The van der Waals surface area contributed by atoms with Crippen molar-refractivity contribution in [2.45, 2.75) is 38.0 Å². The van der Waals surface area contributed by atoms with E-state index in [9.17, 15) is 0 Å². The third-order valence-corrected chi connectivity index (χ3v) is 5.05. The highest BCUT2D eigenvalue weighted by Crippen LogP contribution is 2.34. The normalized spacial score (nSPS) is 25.7. The van der Waals surface area contributed by atoms with Gasteiger partial charge in [-0.15, -0.1) is 0 Å². The minimum atomic E-state index is 0.347. The standard InChI is InChI=1S/C16H23BrN2O2/c1-20-15-2-4-19(14(8-15)9-18)10-12-7-13(17)6-11-3-5-21-16(11)12/h6-7,14-15H,2-5,8-10,18H2,1H3. The number of hydrogen-bond donors (Lipinski definition) is 1. The van der Waals surface area contributed by atoms with Gasteiger partial charge in [0.1, 0.15) is 5.75 Å². The van der Waals surface area contributed by atoms with Crippen LogP contribution in [0.5, 0.6) is 5.75 Å². The molecule has 2 unspecified atom stereocenters. The highest BCUT2D eigenvalue weighted by atomic mass is 79.9. The maximum atomic E-state index is 5.97. The molecule has 0 saturated carbocycles. The van der Waals surface area contributed by atoms with E-state index in [1.54, 1.807) is 7.11 Å². The summed E-state index contributed by atoms with van der Waals surface area (Å²) in [5, 5.41) is 0. The predicted molar refractivity (Wildman–Crippen MR) is 86.6 cm³/mol. The number of hydrogen-bond acceptors (Lipinski definition) is 4. The Bertz CT molecular complexity index is 509. The van der Waals surface area contributed by atoms with Crippen LogP contribution in [-0.2, 0) is 17.7 Å². The third-order valence-electron chi connectivity index (χ3n) is 4.59. The van der Waals surface area contributed by atoms with E-state index >= 15 is 0 Å². The minimum Gasteiger partial charge on any atom is -0.493 e. The van der Waals surface area contributed by atoms with Crippen molar-refractivity contribution >= 4 is 15.9 Å². The number of ether oxygens (including phenoxy) is 2. The molecule has 1 fully saturated rings. The molecule has 0 aromatic heterocycles. The lowest BCUT2D eigenvalue weighted by Gasteiger charge is -2.38. The number of piperidine rings is 1. The van der Waals surface area contributed by atoms with Crippen LogP contribution in [-0.4, -0.2) is 43.9 Å². The molecule has 0 radical (unpaired) electrons. The monoisotopic (exact) mass is 354 g/mol. The van der Waals surface area contributed by atoms with E-state index in [-0.39, 0.29) is 0 Å². The van der Waals surface area contributed by atoms with E-state index in [1.807, 2.05) is 0 Å². The fourth-order valence-electron chi connectivity index (χ4n) is 3.41. The van der Waals surface area contributed by atoms with Gasteiger partial charge < -0.3 is 15.2 Å². The molecule has 0 spiro atoms. The van der Waals surface area contributed by atoms with Crippen molar-refractivity contribution in [2.24, 2.45) is 5.73 Å². The fourth-order valence-corrected chi connectivity index (χ4v) is 3.97. The maximum Gasteiger partial charge on any atom is 0.127 e. The number of nitrogens with two attached hydrogens (primary N) is 1. The van der Waals surface area contributed by atoms with Crippen molar-refractivity contribution < 1.29 is 9.47 Å². The molecule has 3 rings (SSSR count). The number of fused-ring (bicyclic) bond motifs is 1. The molecule has 0 aliphatic carbocycles. The van der Waals surface area contributed by atoms with Gasteiger partial charge in [-0.25, -0.2) is 0 Å². The summed E-state index contributed by atoms with van der Waals surface area (Å²) in [4.78, 5) is 2.47. The molecule has 21 heavy (non-hydrogen) atoms. The zero-order valence-electron chi connectivity index (χ0n) is 12.5. The topological polar surface area (TPSA) is 47.7 Å². The number of nitrogens with zero attached hydrogens (tertiary/aromatic N) is 1. The fraction of sp³-hybridized carbons (Fsp3) is 0.625. The van der Waals surface area contributed by atoms with Crippen molar-refractivity contribution in [3.05, 3.63) is 27.7 Å². The Morgan fingerprint density at radius 1 is 1.48 bits per heavy atom. The second-order valence-corrected chi connectivity index (χ2v) is 6.81. The first-order valence-corrected chi connectivity index (χ1v) is 8.41. The minimum absolute atomic E-state index is 0.347. The van der Waals surface area contributed by atoms with Crippen LogP contribution in [0.3, 0.4) is 0 Å². The van der Waals surface area contributed by atoms with Crippen LogP contribution in [0.25, 0.3) is 0 Å². The van der Waals surface area contributed by atoms with Gasteiger partial charge in [0.05, 0.1) is 12.7 Å². The van der Waals surface area contributed by atoms with Crippen molar-refractivity contribution in [3.63, 3.8) is 0 Å². The van der Waals surface area contributed by atoms with Gasteiger partial charge in [0, 0.05) is 49.2 Å². The lowest BCUT2D eigenvalue weighted by atomic mass is 9.98. The molecule has 2 N–H and O–H groups in total. The molecular weight excluding hydrogens is 332 g/mol. The van der Waals surface area contributed by atoms with Crippen LogP contribution in [0.15, 0.2) is 16.6 Å². The van der Waals surface area contributed by atoms with E-state index in [1.165, 1.54) is 11.1 Å². The van der Waals surface area contributed by atoms with Crippen molar-refractivity contribution in [1.29, 1.82) is 0 Å². The average molecular weight is 355 g/mol. The molecule has 0 bridgehead atoms. The first-order valence-electron chi connectivity index (χ1n) is 7.62. The van der Waals surface area contributed by atoms with Crippen LogP contribution in [0.4, 0.5) is 0 Å². The Balaban J connectivity index is 1.77. The van der Waals surface area contributed by atoms with Gasteiger partial charge in [-0.1, -0.05) is 15.9 Å². The number of halogens is 1. The Labute approximate surface area is 134 Å². The molecule has 2 atom stereocenters. The van der Waals surface area contributed by atoms with Gasteiger partial charge >= 0.3 is 0 Å². The number of methoxy groups -OCH3 is 1. The summed E-state index contributed by atoms with van der Waals surface area (Å²) in [6, 6.07) is 4.74. The first kappa shape index (κ1) is 15.3. The average Bonchev–Trinajstić information content (AvgIpc) is 2.96. The maximum absolute atomic E-state index is 5.97. The van der Waals surface area contributed by atoms with E-state index < -0.39 is 0 Å². The van der Waals surface area contributed by atoms with Crippen LogP contribution in [0, 0.1) is 0 Å². The molecule has 0 amide bonds. The lowest BCUT2D eigenvalue weighted by Crippen LogP contribution is -2.48. The number of likely N-dealkylation sites (tertiary alicyclic amines) is 1. The summed E-state index contributed by atoms with van der Waals surface area (Å²) in [7, 11) is 1.79. The molecular formula is C16H23BrN2O2. The summed E-state index contributed by atoms with van der Waals surface area (Å²) in [5.74, 6) is 1.09. The summed E-state index contributed by atoms with van der Waals surface area (Å²) >= 11 is 3.61.